The lowest BCUT2D eigenvalue weighted by Crippen LogP contribution is -2.98. The van der Waals surface area contributed by atoms with Gasteiger partial charge in [-0.1, -0.05) is 30.3 Å². The number of carbonyl (C=O) groups is 1. The Morgan fingerprint density at radius 1 is 1.28 bits per heavy atom. The van der Waals surface area contributed by atoms with Crippen LogP contribution in [-0.2, 0) is 14.9 Å². The number of carbonyl (C=O) groups excluding carboxylic acids is 1. The zero-order valence-electron chi connectivity index (χ0n) is 17.2. The van der Waals surface area contributed by atoms with Crippen molar-refractivity contribution in [3.63, 3.8) is 0 Å². The summed E-state index contributed by atoms with van der Waals surface area (Å²) in [6, 6.07) is 10.5. The summed E-state index contributed by atoms with van der Waals surface area (Å²) in [5.74, 6) is 0.737. The molecule has 1 aliphatic heterocycles. The smallest absolute Gasteiger partial charge is 0.227 e. The predicted octanol–water partition coefficient (Wildman–Crippen LogP) is 2.97. The molecule has 2 N–H and O–H groups in total. The molecule has 0 aromatic heterocycles. The van der Waals surface area contributed by atoms with Crippen LogP contribution in [0.5, 0.6) is 0 Å². The molecule has 0 radical (unpaired) electrons. The van der Waals surface area contributed by atoms with Gasteiger partial charge in [-0.05, 0) is 57.1 Å². The molecule has 1 aromatic rings. The van der Waals surface area contributed by atoms with Crippen LogP contribution < -0.4 is 10.6 Å². The molecule has 7 atom stereocenters. The van der Waals surface area contributed by atoms with Crippen molar-refractivity contribution >= 4 is 5.91 Å². The van der Waals surface area contributed by atoms with E-state index in [0.717, 1.165) is 39.0 Å². The van der Waals surface area contributed by atoms with E-state index in [0.29, 0.717) is 18.9 Å². The second-order valence-electron chi connectivity index (χ2n) is 10.3. The summed E-state index contributed by atoms with van der Waals surface area (Å²) in [4.78, 5) is 13.6. The first-order valence-corrected chi connectivity index (χ1v) is 11.3. The van der Waals surface area contributed by atoms with Gasteiger partial charge in [0.1, 0.15) is 6.17 Å². The molecule has 5 aliphatic rings. The van der Waals surface area contributed by atoms with Crippen LogP contribution in [0.2, 0.25) is 0 Å². The van der Waals surface area contributed by atoms with Crippen LogP contribution in [0.15, 0.2) is 30.3 Å². The molecule has 1 heterocycles. The number of hydrogen-bond acceptors (Lipinski definition) is 3. The maximum atomic E-state index is 14.4. The van der Waals surface area contributed by atoms with Crippen LogP contribution in [0.25, 0.3) is 0 Å². The van der Waals surface area contributed by atoms with Gasteiger partial charge in [0.2, 0.25) is 5.91 Å². The third-order valence-corrected chi connectivity index (χ3v) is 9.50. The number of nitrogens with one attached hydrogen (secondary N) is 2. The third kappa shape index (κ3) is 1.83. The molecule has 3 unspecified atom stereocenters. The average Bonchev–Trinajstić information content (AvgIpc) is 2.68. The van der Waals surface area contributed by atoms with Crippen LogP contribution in [0, 0.1) is 22.2 Å². The molecule has 156 valence electrons. The van der Waals surface area contributed by atoms with E-state index in [1.807, 2.05) is 6.92 Å². The van der Waals surface area contributed by atoms with Gasteiger partial charge in [0.25, 0.3) is 0 Å². The minimum absolute atomic E-state index is 0.0341. The molecule has 4 nitrogen and oxygen atoms in total. The van der Waals surface area contributed by atoms with E-state index in [1.165, 1.54) is 12.0 Å². The Labute approximate surface area is 172 Å². The van der Waals surface area contributed by atoms with Crippen molar-refractivity contribution in [2.45, 2.75) is 56.7 Å². The zero-order chi connectivity index (χ0) is 19.9. The summed E-state index contributed by atoms with van der Waals surface area (Å²) >= 11 is 0. The first-order chi connectivity index (χ1) is 14.1. The van der Waals surface area contributed by atoms with Crippen LogP contribution in [0.4, 0.5) is 4.39 Å². The molecule has 1 saturated heterocycles. The number of alkyl halides is 1. The van der Waals surface area contributed by atoms with Gasteiger partial charge in [-0.2, -0.15) is 0 Å². The monoisotopic (exact) mass is 398 g/mol. The number of halogens is 1. The molecule has 5 heteroatoms. The summed E-state index contributed by atoms with van der Waals surface area (Å²) in [5, 5.41) is 6.24. The van der Waals surface area contributed by atoms with Gasteiger partial charge in [0.05, 0.1) is 18.1 Å². The number of ether oxygens (including phenoxy) is 1. The second-order valence-corrected chi connectivity index (χ2v) is 10.3. The highest BCUT2D eigenvalue weighted by Crippen LogP contribution is 3.01. The number of rotatable bonds is 6. The average molecular weight is 399 g/mol. The van der Waals surface area contributed by atoms with Crippen molar-refractivity contribution in [1.29, 1.82) is 0 Å². The lowest BCUT2D eigenvalue weighted by molar-refractivity contribution is -0.483. The van der Waals surface area contributed by atoms with Gasteiger partial charge in [-0.15, -0.1) is 0 Å². The highest BCUT2D eigenvalue weighted by Gasteiger charge is 3.00. The fourth-order valence-corrected chi connectivity index (χ4v) is 9.01. The molecular weight excluding hydrogens is 367 g/mol. The first kappa shape index (κ1) is 18.3. The van der Waals surface area contributed by atoms with E-state index in [-0.39, 0.29) is 33.6 Å². The molecule has 4 aliphatic carbocycles. The lowest BCUT2D eigenvalue weighted by Gasteiger charge is -2.99. The Hall–Kier alpha value is -1.46. The van der Waals surface area contributed by atoms with E-state index in [9.17, 15) is 9.18 Å². The van der Waals surface area contributed by atoms with Crippen molar-refractivity contribution < 1.29 is 13.9 Å². The Morgan fingerprint density at radius 3 is 2.83 bits per heavy atom. The molecule has 1 amide bonds. The van der Waals surface area contributed by atoms with Gasteiger partial charge in [-0.3, -0.25) is 4.79 Å². The van der Waals surface area contributed by atoms with Crippen LogP contribution in [0.1, 0.15) is 44.6 Å². The minimum atomic E-state index is -0.993. The highest BCUT2D eigenvalue weighted by molar-refractivity contribution is 5.90. The number of hydrogen-bond donors (Lipinski definition) is 2. The van der Waals surface area contributed by atoms with Gasteiger partial charge in [-0.25, -0.2) is 4.39 Å². The van der Waals surface area contributed by atoms with Gasteiger partial charge in [0.15, 0.2) is 0 Å². The summed E-state index contributed by atoms with van der Waals surface area (Å²) in [5.41, 5.74) is 1.37. The molecular formula is C24H31FN2O2. The fraction of sp³-hybridized carbons (Fsp3) is 0.708. The topological polar surface area (TPSA) is 50.4 Å². The number of piperidine rings is 1. The summed E-state index contributed by atoms with van der Waals surface area (Å²) < 4.78 is 20.3. The van der Waals surface area contributed by atoms with Crippen molar-refractivity contribution in [3.05, 3.63) is 35.9 Å². The van der Waals surface area contributed by atoms with Crippen molar-refractivity contribution in [3.8, 4) is 0 Å². The van der Waals surface area contributed by atoms with Gasteiger partial charge >= 0.3 is 0 Å². The highest BCUT2D eigenvalue weighted by atomic mass is 19.1. The summed E-state index contributed by atoms with van der Waals surface area (Å²) in [6.07, 6.45) is 3.90. The largest absolute Gasteiger partial charge is 0.381 e. The molecule has 6 rings (SSSR count). The van der Waals surface area contributed by atoms with E-state index >= 15 is 0 Å². The lowest BCUT2D eigenvalue weighted by atomic mass is 9.03. The van der Waals surface area contributed by atoms with Gasteiger partial charge < -0.3 is 15.4 Å². The standard InChI is InChI=1S/C24H31FN2O2/c1-2-29-15-21-10-17-11-22(20(28)27-19-8-9-26-12-18(19)25)14-23(13-21,24(17,21)22)16-6-4-3-5-7-16/h3-7,17-19,26H,2,8-15H2,1H3,(H,27,28)/t17?,18-,19-,21-,22?,23+,24?/m1/s1. The van der Waals surface area contributed by atoms with Crippen molar-refractivity contribution in [2.75, 3.05) is 26.3 Å². The molecule has 1 spiro atoms. The quantitative estimate of drug-likeness (QED) is 0.775. The minimum Gasteiger partial charge on any atom is -0.381 e. The first-order valence-electron chi connectivity index (χ1n) is 11.3. The van der Waals surface area contributed by atoms with Crippen molar-refractivity contribution in [2.24, 2.45) is 22.2 Å². The molecule has 4 saturated carbocycles. The van der Waals surface area contributed by atoms with E-state index in [1.54, 1.807) is 0 Å². The Kier molecular flexibility index (Phi) is 3.68. The summed E-state index contributed by atoms with van der Waals surface area (Å²) in [6.45, 7) is 4.65. The van der Waals surface area contributed by atoms with Crippen molar-refractivity contribution in [1.82, 2.24) is 10.6 Å². The normalized spacial score (nSPS) is 48.7. The van der Waals surface area contributed by atoms with Gasteiger partial charge in [0, 0.05) is 29.4 Å². The molecule has 1 aromatic carbocycles. The Bertz CT molecular complexity index is 849. The molecule has 5 fully saturated rings. The molecule has 0 bridgehead atoms. The van der Waals surface area contributed by atoms with E-state index in [2.05, 4.69) is 41.0 Å². The van der Waals surface area contributed by atoms with Crippen LogP contribution in [0.3, 0.4) is 0 Å². The Morgan fingerprint density at radius 2 is 2.10 bits per heavy atom. The SMILES string of the molecule is CCOC[C@@]12CC3CC4(C(=O)N[C@@H]5CCNC[C@H]5F)C[C@](c5ccccc5)(C1)C342. The Balaban J connectivity index is 1.33. The predicted molar refractivity (Wildman–Crippen MR) is 108 cm³/mol. The molecule has 29 heavy (non-hydrogen) atoms. The third-order valence-electron chi connectivity index (χ3n) is 9.50. The second kappa shape index (κ2) is 5.82. The van der Waals surface area contributed by atoms with Crippen LogP contribution in [-0.4, -0.2) is 44.4 Å². The van der Waals surface area contributed by atoms with E-state index in [4.69, 9.17) is 4.74 Å². The zero-order valence-corrected chi connectivity index (χ0v) is 17.2. The van der Waals surface area contributed by atoms with E-state index < -0.39 is 6.17 Å². The fourth-order valence-electron chi connectivity index (χ4n) is 9.01. The number of benzene rings is 1. The van der Waals surface area contributed by atoms with Crippen LogP contribution >= 0.6 is 0 Å². The maximum Gasteiger partial charge on any atom is 0.227 e. The number of amides is 1. The summed E-state index contributed by atoms with van der Waals surface area (Å²) in [7, 11) is 0. The maximum absolute atomic E-state index is 14.4.